The summed E-state index contributed by atoms with van der Waals surface area (Å²) in [6.45, 7) is 9.64. The highest BCUT2D eigenvalue weighted by atomic mass is 16.5. The Balaban J connectivity index is 1.46. The first-order valence-corrected chi connectivity index (χ1v) is 10.7. The fourth-order valence-corrected chi connectivity index (χ4v) is 4.38. The number of aromatic nitrogens is 4. The fourth-order valence-electron chi connectivity index (χ4n) is 4.38. The van der Waals surface area contributed by atoms with Gasteiger partial charge in [-0.1, -0.05) is 24.2 Å². The summed E-state index contributed by atoms with van der Waals surface area (Å²) < 4.78 is 7.59. The number of hydrogen-bond donors (Lipinski definition) is 0. The molecule has 0 saturated carbocycles. The van der Waals surface area contributed by atoms with Crippen LogP contribution in [-0.2, 0) is 6.42 Å². The average Bonchev–Trinajstić information content (AvgIpc) is 3.43. The third-order valence-electron chi connectivity index (χ3n) is 6.21. The predicted molar refractivity (Wildman–Crippen MR) is 118 cm³/mol. The van der Waals surface area contributed by atoms with Gasteiger partial charge in [-0.3, -0.25) is 9.30 Å². The number of benzene rings is 1. The maximum Gasteiger partial charge on any atom is 0.243 e. The quantitative estimate of drug-likeness (QED) is 0.504. The van der Waals surface area contributed by atoms with Crippen LogP contribution in [0.2, 0.25) is 0 Å². The van der Waals surface area contributed by atoms with Crippen LogP contribution >= 0.6 is 0 Å². The van der Waals surface area contributed by atoms with E-state index in [0.717, 1.165) is 66.5 Å². The lowest BCUT2D eigenvalue weighted by Crippen LogP contribution is -2.47. The largest absolute Gasteiger partial charge is 0.355 e. The zero-order valence-electron chi connectivity index (χ0n) is 18.0. The van der Waals surface area contributed by atoms with Crippen LogP contribution in [0.4, 0.5) is 5.82 Å². The van der Waals surface area contributed by atoms with Crippen LogP contribution in [0.5, 0.6) is 0 Å². The Labute approximate surface area is 180 Å². The number of anilines is 1. The summed E-state index contributed by atoms with van der Waals surface area (Å²) in [7, 11) is 0. The summed E-state index contributed by atoms with van der Waals surface area (Å²) in [5.74, 6) is 2.52. The van der Waals surface area contributed by atoms with E-state index in [1.54, 1.807) is 0 Å². The van der Waals surface area contributed by atoms with Crippen LogP contribution in [0.15, 0.2) is 34.9 Å². The molecule has 0 radical (unpaired) electrons. The van der Waals surface area contributed by atoms with Crippen LogP contribution in [0.1, 0.15) is 42.7 Å². The minimum atomic E-state index is 0.0896. The molecule has 1 saturated heterocycles. The van der Waals surface area contributed by atoms with E-state index in [9.17, 15) is 5.26 Å². The van der Waals surface area contributed by atoms with Crippen molar-refractivity contribution < 1.29 is 4.52 Å². The topological polar surface area (TPSA) is 86.5 Å². The molecule has 0 bridgehead atoms. The standard InChI is InChI=1S/C23H25N7O/c1-4-20-26-23(31-27-20)16(3)28-9-11-29(12-10-28)21-13-15(2)17(14-24)22-25-18-7-5-6-8-19(18)30(21)22/h5-8,13,16H,4,9-12H2,1-3H3. The molecule has 1 atom stereocenters. The van der Waals surface area contributed by atoms with E-state index in [1.165, 1.54) is 0 Å². The number of fused-ring (bicyclic) bond motifs is 3. The number of piperazine rings is 1. The maximum atomic E-state index is 9.72. The van der Waals surface area contributed by atoms with Gasteiger partial charge in [-0.25, -0.2) is 4.98 Å². The monoisotopic (exact) mass is 415 g/mol. The first-order valence-electron chi connectivity index (χ1n) is 10.7. The van der Waals surface area contributed by atoms with Crippen molar-refractivity contribution in [3.05, 3.63) is 53.2 Å². The second-order valence-corrected chi connectivity index (χ2v) is 8.03. The summed E-state index contributed by atoms with van der Waals surface area (Å²) in [6, 6.07) is 12.6. The van der Waals surface area contributed by atoms with E-state index < -0.39 is 0 Å². The minimum absolute atomic E-state index is 0.0896. The molecule has 8 nitrogen and oxygen atoms in total. The third-order valence-corrected chi connectivity index (χ3v) is 6.21. The second-order valence-electron chi connectivity index (χ2n) is 8.03. The first kappa shape index (κ1) is 19.5. The molecule has 0 amide bonds. The van der Waals surface area contributed by atoms with E-state index in [4.69, 9.17) is 9.51 Å². The van der Waals surface area contributed by atoms with Crippen molar-refractivity contribution in [1.29, 1.82) is 5.26 Å². The number of nitrogens with zero attached hydrogens (tertiary/aromatic N) is 7. The summed E-state index contributed by atoms with van der Waals surface area (Å²) >= 11 is 0. The van der Waals surface area contributed by atoms with E-state index >= 15 is 0 Å². The van der Waals surface area contributed by atoms with Gasteiger partial charge in [0.1, 0.15) is 11.9 Å². The van der Waals surface area contributed by atoms with Gasteiger partial charge in [-0.15, -0.1) is 0 Å². The van der Waals surface area contributed by atoms with Gasteiger partial charge >= 0.3 is 0 Å². The predicted octanol–water partition coefficient (Wildman–Crippen LogP) is 3.50. The molecule has 0 N–H and O–H groups in total. The maximum absolute atomic E-state index is 9.72. The molecular weight excluding hydrogens is 390 g/mol. The molecule has 0 spiro atoms. The zero-order chi connectivity index (χ0) is 21.5. The zero-order valence-corrected chi connectivity index (χ0v) is 18.0. The lowest BCUT2D eigenvalue weighted by Gasteiger charge is -2.38. The average molecular weight is 416 g/mol. The number of para-hydroxylation sites is 2. The molecule has 1 fully saturated rings. The molecule has 158 valence electrons. The highest BCUT2D eigenvalue weighted by molar-refractivity contribution is 5.85. The molecule has 1 aromatic carbocycles. The van der Waals surface area contributed by atoms with Crippen molar-refractivity contribution in [1.82, 2.24) is 24.4 Å². The van der Waals surface area contributed by atoms with Crippen molar-refractivity contribution in [2.24, 2.45) is 0 Å². The highest BCUT2D eigenvalue weighted by Gasteiger charge is 2.27. The molecule has 1 unspecified atom stereocenters. The Bertz CT molecular complexity index is 1290. The van der Waals surface area contributed by atoms with Crippen molar-refractivity contribution in [2.75, 3.05) is 31.1 Å². The number of rotatable bonds is 4. The Kier molecular flexibility index (Phi) is 4.83. The number of aryl methyl sites for hydroxylation is 2. The molecular formula is C23H25N7O. The van der Waals surface area contributed by atoms with Gasteiger partial charge in [-0.05, 0) is 37.6 Å². The molecule has 3 aromatic heterocycles. The molecule has 4 aromatic rings. The second kappa shape index (κ2) is 7.67. The number of hydrogen-bond acceptors (Lipinski definition) is 7. The molecule has 4 heterocycles. The van der Waals surface area contributed by atoms with Crippen molar-refractivity contribution >= 4 is 22.5 Å². The lowest BCUT2D eigenvalue weighted by molar-refractivity contribution is 0.164. The summed E-state index contributed by atoms with van der Waals surface area (Å²) in [5.41, 5.74) is 4.25. The molecule has 5 rings (SSSR count). The van der Waals surface area contributed by atoms with E-state index in [0.29, 0.717) is 11.5 Å². The first-order chi connectivity index (χ1) is 15.1. The Morgan fingerprint density at radius 2 is 1.94 bits per heavy atom. The highest BCUT2D eigenvalue weighted by Crippen LogP contribution is 2.30. The Morgan fingerprint density at radius 1 is 1.16 bits per heavy atom. The van der Waals surface area contributed by atoms with E-state index in [-0.39, 0.29) is 6.04 Å². The van der Waals surface area contributed by atoms with Crippen LogP contribution in [-0.4, -0.2) is 50.6 Å². The molecule has 1 aliphatic heterocycles. The van der Waals surface area contributed by atoms with E-state index in [1.807, 2.05) is 32.0 Å². The van der Waals surface area contributed by atoms with Gasteiger partial charge in [0.05, 0.1) is 22.6 Å². The lowest BCUT2D eigenvalue weighted by atomic mass is 10.1. The molecule has 1 aliphatic rings. The Hall–Kier alpha value is -3.44. The fraction of sp³-hybridized carbons (Fsp3) is 0.391. The van der Waals surface area contributed by atoms with Gasteiger partial charge < -0.3 is 9.42 Å². The van der Waals surface area contributed by atoms with Crippen molar-refractivity contribution in [3.8, 4) is 6.07 Å². The normalized spacial score (nSPS) is 16.1. The van der Waals surface area contributed by atoms with Crippen molar-refractivity contribution in [2.45, 2.75) is 33.2 Å². The minimum Gasteiger partial charge on any atom is -0.355 e. The SMILES string of the molecule is CCc1noc(C(C)N2CCN(c3cc(C)c(C#N)c4nc5ccccc5n34)CC2)n1. The van der Waals surface area contributed by atoms with Gasteiger partial charge in [-0.2, -0.15) is 10.2 Å². The van der Waals surface area contributed by atoms with Gasteiger partial charge in [0.25, 0.3) is 0 Å². The van der Waals surface area contributed by atoms with Gasteiger partial charge in [0, 0.05) is 32.6 Å². The van der Waals surface area contributed by atoms with Gasteiger partial charge in [0.15, 0.2) is 11.5 Å². The summed E-state index contributed by atoms with van der Waals surface area (Å²) in [4.78, 5) is 14.0. The number of nitriles is 1. The van der Waals surface area contributed by atoms with Crippen molar-refractivity contribution in [3.63, 3.8) is 0 Å². The smallest absolute Gasteiger partial charge is 0.243 e. The number of imidazole rings is 1. The molecule has 0 aliphatic carbocycles. The third kappa shape index (κ3) is 3.22. The summed E-state index contributed by atoms with van der Waals surface area (Å²) in [6.07, 6.45) is 0.775. The van der Waals surface area contributed by atoms with Crippen LogP contribution in [0.3, 0.4) is 0 Å². The number of pyridine rings is 1. The van der Waals surface area contributed by atoms with Gasteiger partial charge in [0.2, 0.25) is 5.89 Å². The van der Waals surface area contributed by atoms with E-state index in [2.05, 4.69) is 49.5 Å². The Morgan fingerprint density at radius 3 is 2.65 bits per heavy atom. The van der Waals surface area contributed by atoms with Crippen LogP contribution in [0, 0.1) is 18.3 Å². The summed E-state index contributed by atoms with van der Waals surface area (Å²) in [5, 5.41) is 13.8. The molecule has 8 heteroatoms. The van der Waals surface area contributed by atoms with Crippen LogP contribution < -0.4 is 4.90 Å². The molecule has 31 heavy (non-hydrogen) atoms. The van der Waals surface area contributed by atoms with Crippen LogP contribution in [0.25, 0.3) is 16.7 Å².